The van der Waals surface area contributed by atoms with E-state index in [0.29, 0.717) is 13.0 Å². The third-order valence-corrected chi connectivity index (χ3v) is 5.19. The highest BCUT2D eigenvalue weighted by Gasteiger charge is 2.19. The number of nitrogens with one attached hydrogen (secondary N) is 1. The molecule has 0 saturated heterocycles. The van der Waals surface area contributed by atoms with Gasteiger partial charge in [0.15, 0.2) is 6.10 Å². The smallest absolute Gasteiger partial charge is 0.261 e. The van der Waals surface area contributed by atoms with Gasteiger partial charge in [-0.15, -0.1) is 0 Å². The minimum Gasteiger partial charge on any atom is -0.480 e. The monoisotopic (exact) mass is 375 g/mol. The zero-order chi connectivity index (χ0) is 19.9. The van der Waals surface area contributed by atoms with Crippen molar-refractivity contribution in [2.24, 2.45) is 0 Å². The number of carbonyl (C=O) groups is 1. The summed E-state index contributed by atoms with van der Waals surface area (Å²) >= 11 is 0. The number of hydrogen-bond acceptors (Lipinski definition) is 2. The van der Waals surface area contributed by atoms with Crippen LogP contribution in [0.25, 0.3) is 10.8 Å². The van der Waals surface area contributed by atoms with Crippen molar-refractivity contribution in [3.05, 3.63) is 77.4 Å². The second-order valence-electron chi connectivity index (χ2n) is 7.02. The maximum atomic E-state index is 12.8. The van der Waals surface area contributed by atoms with E-state index in [9.17, 15) is 4.79 Å². The summed E-state index contributed by atoms with van der Waals surface area (Å²) in [7, 11) is 0. The molecule has 3 aromatic carbocycles. The minimum absolute atomic E-state index is 0.0700. The first-order valence-corrected chi connectivity index (χ1v) is 10.2. The van der Waals surface area contributed by atoms with Crippen LogP contribution in [0.2, 0.25) is 0 Å². The molecule has 0 radical (unpaired) electrons. The lowest BCUT2D eigenvalue weighted by molar-refractivity contribution is -0.128. The molecule has 3 rings (SSSR count). The van der Waals surface area contributed by atoms with Crippen LogP contribution in [0.15, 0.2) is 60.7 Å². The summed E-state index contributed by atoms with van der Waals surface area (Å²) < 4.78 is 6.12. The Morgan fingerprint density at radius 1 is 0.929 bits per heavy atom. The fourth-order valence-electron chi connectivity index (χ4n) is 3.48. The van der Waals surface area contributed by atoms with Gasteiger partial charge in [-0.05, 0) is 47.4 Å². The number of carbonyl (C=O) groups excluding carboxylic acids is 1. The normalized spacial score (nSPS) is 12.0. The Labute approximate surface area is 167 Å². The summed E-state index contributed by atoms with van der Waals surface area (Å²) in [6.07, 6.45) is 2.06. The predicted molar refractivity (Wildman–Crippen MR) is 116 cm³/mol. The first-order valence-electron chi connectivity index (χ1n) is 10.2. The molecule has 0 bridgehead atoms. The van der Waals surface area contributed by atoms with Crippen molar-refractivity contribution in [1.29, 1.82) is 0 Å². The van der Waals surface area contributed by atoms with Gasteiger partial charge in [0.25, 0.3) is 5.91 Å². The largest absolute Gasteiger partial charge is 0.480 e. The molecule has 1 amide bonds. The average Bonchev–Trinajstić information content (AvgIpc) is 2.75. The molecule has 0 aromatic heterocycles. The van der Waals surface area contributed by atoms with Crippen molar-refractivity contribution in [3.8, 4) is 5.75 Å². The highest BCUT2D eigenvalue weighted by atomic mass is 16.5. The Balaban J connectivity index is 1.72. The number of amides is 1. The van der Waals surface area contributed by atoms with Crippen LogP contribution < -0.4 is 10.1 Å². The quantitative estimate of drug-likeness (QED) is 0.569. The van der Waals surface area contributed by atoms with Gasteiger partial charge in [0.2, 0.25) is 0 Å². The predicted octanol–water partition coefficient (Wildman–Crippen LogP) is 5.44. The van der Waals surface area contributed by atoms with Gasteiger partial charge in [0.05, 0.1) is 0 Å². The van der Waals surface area contributed by atoms with Gasteiger partial charge in [0, 0.05) is 11.9 Å². The minimum atomic E-state index is -0.509. The van der Waals surface area contributed by atoms with Gasteiger partial charge in [-0.3, -0.25) is 4.79 Å². The Morgan fingerprint density at radius 2 is 1.71 bits per heavy atom. The van der Waals surface area contributed by atoms with Gasteiger partial charge in [-0.2, -0.15) is 0 Å². The van der Waals surface area contributed by atoms with Crippen LogP contribution in [-0.4, -0.2) is 12.0 Å². The molecule has 1 atom stereocenters. The van der Waals surface area contributed by atoms with Crippen LogP contribution in [0.4, 0.5) is 0 Å². The number of rotatable bonds is 8. The second kappa shape index (κ2) is 9.41. The van der Waals surface area contributed by atoms with E-state index in [1.807, 2.05) is 37.3 Å². The molecular weight excluding hydrogens is 346 g/mol. The molecule has 28 heavy (non-hydrogen) atoms. The number of ether oxygens (including phenoxy) is 1. The van der Waals surface area contributed by atoms with Crippen LogP contribution in [0.3, 0.4) is 0 Å². The van der Waals surface area contributed by atoms with Crippen molar-refractivity contribution < 1.29 is 9.53 Å². The van der Waals surface area contributed by atoms with E-state index in [-0.39, 0.29) is 5.91 Å². The topological polar surface area (TPSA) is 38.3 Å². The maximum Gasteiger partial charge on any atom is 0.261 e. The van der Waals surface area contributed by atoms with Crippen molar-refractivity contribution in [2.45, 2.75) is 52.7 Å². The van der Waals surface area contributed by atoms with Crippen molar-refractivity contribution in [2.75, 3.05) is 0 Å². The first kappa shape index (κ1) is 19.9. The van der Waals surface area contributed by atoms with E-state index >= 15 is 0 Å². The van der Waals surface area contributed by atoms with Crippen LogP contribution in [0.1, 0.15) is 43.9 Å². The molecule has 0 aliphatic rings. The number of hydrogen-bond donors (Lipinski definition) is 1. The molecule has 0 heterocycles. The van der Waals surface area contributed by atoms with E-state index in [1.54, 1.807) is 0 Å². The summed E-state index contributed by atoms with van der Waals surface area (Å²) in [6, 6.07) is 20.6. The van der Waals surface area contributed by atoms with E-state index in [1.165, 1.54) is 16.7 Å². The number of benzene rings is 3. The van der Waals surface area contributed by atoms with E-state index in [0.717, 1.165) is 29.4 Å². The fourth-order valence-corrected chi connectivity index (χ4v) is 3.48. The van der Waals surface area contributed by atoms with Crippen molar-refractivity contribution in [3.63, 3.8) is 0 Å². The van der Waals surface area contributed by atoms with Gasteiger partial charge in [-0.1, -0.05) is 75.4 Å². The first-order chi connectivity index (χ1) is 13.7. The van der Waals surface area contributed by atoms with Gasteiger partial charge in [0.1, 0.15) is 5.75 Å². The number of aryl methyl sites for hydroxylation is 2. The molecule has 146 valence electrons. The van der Waals surface area contributed by atoms with E-state index in [4.69, 9.17) is 4.74 Å². The average molecular weight is 376 g/mol. The zero-order valence-corrected chi connectivity index (χ0v) is 17.0. The van der Waals surface area contributed by atoms with Gasteiger partial charge in [-0.25, -0.2) is 0 Å². The molecule has 0 saturated carbocycles. The number of fused-ring (bicyclic) bond motifs is 1. The van der Waals surface area contributed by atoms with Crippen LogP contribution in [0.5, 0.6) is 5.75 Å². The molecule has 1 unspecified atom stereocenters. The Hall–Kier alpha value is -2.81. The molecule has 1 N–H and O–H groups in total. The summed E-state index contributed by atoms with van der Waals surface area (Å²) in [6.45, 7) is 6.80. The Kier molecular flexibility index (Phi) is 6.70. The highest BCUT2D eigenvalue weighted by molar-refractivity contribution is 5.89. The Bertz CT molecular complexity index is 943. The second-order valence-corrected chi connectivity index (χ2v) is 7.02. The molecule has 3 nitrogen and oxygen atoms in total. The van der Waals surface area contributed by atoms with Crippen LogP contribution in [-0.2, 0) is 24.2 Å². The lowest BCUT2D eigenvalue weighted by atomic mass is 10.0. The van der Waals surface area contributed by atoms with Crippen molar-refractivity contribution in [1.82, 2.24) is 5.32 Å². The van der Waals surface area contributed by atoms with Gasteiger partial charge >= 0.3 is 0 Å². The molecular formula is C25H29NO2. The molecule has 0 aliphatic heterocycles. The lowest BCUT2D eigenvalue weighted by Gasteiger charge is -2.19. The maximum absolute atomic E-state index is 12.8. The van der Waals surface area contributed by atoms with E-state index < -0.39 is 6.10 Å². The molecule has 3 heteroatoms. The van der Waals surface area contributed by atoms with Crippen LogP contribution >= 0.6 is 0 Å². The third kappa shape index (κ3) is 4.53. The molecule has 0 spiro atoms. The van der Waals surface area contributed by atoms with Crippen LogP contribution in [0, 0.1) is 0 Å². The zero-order valence-electron chi connectivity index (χ0n) is 17.0. The third-order valence-electron chi connectivity index (χ3n) is 5.19. The summed E-state index contributed by atoms with van der Waals surface area (Å²) in [5.74, 6) is 0.682. The SMILES string of the molecule is CCc1ccc(CC)c(CNC(=O)C(CC)Oc2cccc3ccccc23)c1. The highest BCUT2D eigenvalue weighted by Crippen LogP contribution is 2.26. The molecule has 0 aliphatic carbocycles. The van der Waals surface area contributed by atoms with Gasteiger partial charge < -0.3 is 10.1 Å². The van der Waals surface area contributed by atoms with E-state index in [2.05, 4.69) is 49.5 Å². The van der Waals surface area contributed by atoms with Crippen molar-refractivity contribution >= 4 is 16.7 Å². The summed E-state index contributed by atoms with van der Waals surface area (Å²) in [5.41, 5.74) is 3.76. The molecule has 0 fully saturated rings. The fraction of sp³-hybridized carbons (Fsp3) is 0.320. The molecule has 3 aromatic rings. The standard InChI is InChI=1S/C25H29NO2/c1-4-18-14-15-19(5-2)21(16-18)17-26-25(27)23(6-3)28-24-13-9-11-20-10-7-8-12-22(20)24/h7-16,23H,4-6,17H2,1-3H3,(H,26,27). The summed E-state index contributed by atoms with van der Waals surface area (Å²) in [5, 5.41) is 5.22. The lowest BCUT2D eigenvalue weighted by Crippen LogP contribution is -2.37. The summed E-state index contributed by atoms with van der Waals surface area (Å²) in [4.78, 5) is 12.8. The Morgan fingerprint density at radius 3 is 2.46 bits per heavy atom.